The third-order valence-corrected chi connectivity index (χ3v) is 3.00. The largest absolute Gasteiger partial charge is 0.454 e. The van der Waals surface area contributed by atoms with Gasteiger partial charge in [0.15, 0.2) is 6.61 Å². The number of nitrogens with one attached hydrogen (secondary N) is 1. The van der Waals surface area contributed by atoms with E-state index in [9.17, 15) is 9.59 Å². The molecule has 1 atom stereocenters. The lowest BCUT2D eigenvalue weighted by Crippen LogP contribution is -2.45. The van der Waals surface area contributed by atoms with Crippen molar-refractivity contribution in [1.29, 1.82) is 0 Å². The number of morpholine rings is 1. The Labute approximate surface area is 88.8 Å². The molecule has 15 heavy (non-hydrogen) atoms. The van der Waals surface area contributed by atoms with Gasteiger partial charge in [0.25, 0.3) is 5.91 Å². The van der Waals surface area contributed by atoms with Gasteiger partial charge in [-0.3, -0.25) is 9.59 Å². The molecule has 2 aliphatic rings. The number of rotatable bonds is 3. The van der Waals surface area contributed by atoms with E-state index >= 15 is 0 Å². The van der Waals surface area contributed by atoms with Crippen LogP contribution in [-0.4, -0.2) is 49.6 Å². The Morgan fingerprint density at radius 2 is 2.33 bits per heavy atom. The molecular formula is C10H16N2O3. The molecule has 1 N–H and O–H groups in total. The molecule has 0 radical (unpaired) electrons. The van der Waals surface area contributed by atoms with Crippen molar-refractivity contribution in [1.82, 2.24) is 10.2 Å². The van der Waals surface area contributed by atoms with Crippen LogP contribution in [0.1, 0.15) is 12.8 Å². The number of carbonyl (C=O) groups is 2. The smallest absolute Gasteiger partial charge is 0.326 e. The zero-order valence-corrected chi connectivity index (χ0v) is 8.70. The number of hydrogen-bond acceptors (Lipinski definition) is 4. The van der Waals surface area contributed by atoms with Crippen LogP contribution in [-0.2, 0) is 14.3 Å². The molecule has 2 fully saturated rings. The van der Waals surface area contributed by atoms with Gasteiger partial charge in [0.05, 0.1) is 0 Å². The fourth-order valence-electron chi connectivity index (χ4n) is 2.03. The summed E-state index contributed by atoms with van der Waals surface area (Å²) in [6.45, 7) is 2.83. The number of ether oxygens (including phenoxy) is 1. The van der Waals surface area contributed by atoms with Crippen LogP contribution in [0.4, 0.5) is 0 Å². The molecule has 0 spiro atoms. The van der Waals surface area contributed by atoms with Gasteiger partial charge in [0.2, 0.25) is 0 Å². The van der Waals surface area contributed by atoms with Gasteiger partial charge in [-0.15, -0.1) is 0 Å². The fourth-order valence-corrected chi connectivity index (χ4v) is 2.03. The minimum absolute atomic E-state index is 0.0689. The lowest BCUT2D eigenvalue weighted by molar-refractivity contribution is -0.162. The maximum absolute atomic E-state index is 11.4. The molecule has 5 nitrogen and oxygen atoms in total. The van der Waals surface area contributed by atoms with Gasteiger partial charge < -0.3 is 15.0 Å². The van der Waals surface area contributed by atoms with Crippen LogP contribution in [0.3, 0.4) is 0 Å². The second-order valence-corrected chi connectivity index (χ2v) is 4.12. The van der Waals surface area contributed by atoms with Gasteiger partial charge in [-0.2, -0.15) is 0 Å². The maximum atomic E-state index is 11.4. The molecule has 0 aromatic rings. The Morgan fingerprint density at radius 3 is 3.07 bits per heavy atom. The summed E-state index contributed by atoms with van der Waals surface area (Å²) in [5, 5.41) is 3.28. The molecular weight excluding hydrogens is 196 g/mol. The van der Waals surface area contributed by atoms with Crippen molar-refractivity contribution >= 4 is 11.9 Å². The van der Waals surface area contributed by atoms with E-state index in [1.165, 1.54) is 6.42 Å². The van der Waals surface area contributed by atoms with E-state index in [1.54, 1.807) is 4.90 Å². The molecule has 2 heterocycles. The molecule has 0 bridgehead atoms. The molecule has 0 aromatic heterocycles. The number of hydrogen-bond donors (Lipinski definition) is 1. The third-order valence-electron chi connectivity index (χ3n) is 3.00. The van der Waals surface area contributed by atoms with Crippen molar-refractivity contribution in [3.63, 3.8) is 0 Å². The first-order chi connectivity index (χ1) is 7.25. The maximum Gasteiger partial charge on any atom is 0.326 e. The van der Waals surface area contributed by atoms with Gasteiger partial charge >= 0.3 is 5.97 Å². The number of amides is 1. The summed E-state index contributed by atoms with van der Waals surface area (Å²) in [6.07, 6.45) is 2.15. The molecule has 2 saturated heterocycles. The van der Waals surface area contributed by atoms with Gasteiger partial charge in [-0.25, -0.2) is 0 Å². The average molecular weight is 212 g/mol. The van der Waals surface area contributed by atoms with Gasteiger partial charge in [-0.05, 0) is 31.8 Å². The first-order valence-corrected chi connectivity index (χ1v) is 5.40. The van der Waals surface area contributed by atoms with Crippen LogP contribution in [0, 0.1) is 5.92 Å². The molecule has 1 unspecified atom stereocenters. The lowest BCUT2D eigenvalue weighted by Gasteiger charge is -2.26. The monoisotopic (exact) mass is 212 g/mol. The van der Waals surface area contributed by atoms with E-state index in [4.69, 9.17) is 0 Å². The first-order valence-electron chi connectivity index (χ1n) is 5.40. The molecule has 84 valence electrons. The second kappa shape index (κ2) is 4.61. The molecule has 5 heteroatoms. The predicted molar refractivity (Wildman–Crippen MR) is 53.1 cm³/mol. The van der Waals surface area contributed by atoms with E-state index in [1.807, 2.05) is 0 Å². The van der Waals surface area contributed by atoms with E-state index in [-0.39, 0.29) is 25.0 Å². The van der Waals surface area contributed by atoms with Crippen LogP contribution in [0.2, 0.25) is 0 Å². The Kier molecular flexibility index (Phi) is 3.20. The Bertz CT molecular complexity index is 261. The Morgan fingerprint density at radius 1 is 1.47 bits per heavy atom. The number of carbonyl (C=O) groups excluding carboxylic acids is 2. The summed E-state index contributed by atoms with van der Waals surface area (Å²) in [5.41, 5.74) is 0. The zero-order valence-electron chi connectivity index (χ0n) is 8.70. The summed E-state index contributed by atoms with van der Waals surface area (Å²) >= 11 is 0. The molecule has 0 saturated carbocycles. The zero-order chi connectivity index (χ0) is 10.7. The van der Waals surface area contributed by atoms with E-state index in [2.05, 4.69) is 10.1 Å². The molecule has 0 aliphatic carbocycles. The van der Waals surface area contributed by atoms with Crippen molar-refractivity contribution in [3.05, 3.63) is 0 Å². The van der Waals surface area contributed by atoms with Crippen molar-refractivity contribution in [2.24, 2.45) is 5.92 Å². The quantitative estimate of drug-likeness (QED) is 0.633. The minimum Gasteiger partial charge on any atom is -0.454 e. The average Bonchev–Trinajstić information content (AvgIpc) is 2.72. The molecule has 0 aromatic carbocycles. The van der Waals surface area contributed by atoms with Gasteiger partial charge in [0.1, 0.15) is 6.54 Å². The topological polar surface area (TPSA) is 58.6 Å². The highest BCUT2D eigenvalue weighted by Crippen LogP contribution is 2.13. The molecule has 2 aliphatic heterocycles. The summed E-state index contributed by atoms with van der Waals surface area (Å²) in [5.74, 6) is 0.287. The third kappa shape index (κ3) is 2.68. The van der Waals surface area contributed by atoms with Crippen LogP contribution in [0.5, 0.6) is 0 Å². The second-order valence-electron chi connectivity index (χ2n) is 4.12. The summed E-state index contributed by atoms with van der Waals surface area (Å²) < 4.78 is 4.65. The highest BCUT2D eigenvalue weighted by atomic mass is 16.5. The van der Waals surface area contributed by atoms with Crippen LogP contribution in [0.15, 0.2) is 0 Å². The summed E-state index contributed by atoms with van der Waals surface area (Å²) in [7, 11) is 0. The number of esters is 1. The van der Waals surface area contributed by atoms with Crippen molar-refractivity contribution in [2.75, 3.05) is 32.8 Å². The van der Waals surface area contributed by atoms with Crippen LogP contribution in [0.25, 0.3) is 0 Å². The highest BCUT2D eigenvalue weighted by Gasteiger charge is 2.25. The van der Waals surface area contributed by atoms with Crippen LogP contribution >= 0.6 is 0 Å². The SMILES string of the molecule is O=C1CN(CCC2CCNC2)C(=O)CO1. The van der Waals surface area contributed by atoms with Gasteiger partial charge in [0, 0.05) is 6.54 Å². The Hall–Kier alpha value is -1.10. The van der Waals surface area contributed by atoms with Crippen molar-refractivity contribution in [2.45, 2.75) is 12.8 Å². The predicted octanol–water partition coefficient (Wildman–Crippen LogP) is -0.629. The van der Waals surface area contributed by atoms with E-state index in [0.29, 0.717) is 12.5 Å². The van der Waals surface area contributed by atoms with Crippen LogP contribution < -0.4 is 5.32 Å². The molecule has 1 amide bonds. The van der Waals surface area contributed by atoms with E-state index < -0.39 is 0 Å². The van der Waals surface area contributed by atoms with E-state index in [0.717, 1.165) is 19.5 Å². The minimum atomic E-state index is -0.292. The normalized spacial score (nSPS) is 26.9. The van der Waals surface area contributed by atoms with Crippen molar-refractivity contribution in [3.8, 4) is 0 Å². The fraction of sp³-hybridized carbons (Fsp3) is 0.800. The first kappa shape index (κ1) is 10.4. The number of cyclic esters (lactones) is 1. The molecule has 2 rings (SSSR count). The standard InChI is InChI=1S/C10H16N2O3/c13-9-7-15-10(14)6-12(9)4-2-8-1-3-11-5-8/h8,11H,1-7H2. The summed E-state index contributed by atoms with van der Waals surface area (Å²) in [6, 6.07) is 0. The summed E-state index contributed by atoms with van der Waals surface area (Å²) in [4.78, 5) is 24.0. The highest BCUT2D eigenvalue weighted by molar-refractivity contribution is 5.87. The van der Waals surface area contributed by atoms with Gasteiger partial charge in [-0.1, -0.05) is 0 Å². The lowest BCUT2D eigenvalue weighted by atomic mass is 10.0. The number of nitrogens with zero attached hydrogens (tertiary/aromatic N) is 1. The van der Waals surface area contributed by atoms with Crippen molar-refractivity contribution < 1.29 is 14.3 Å². The Balaban J connectivity index is 1.76.